The Kier molecular flexibility index (Phi) is 6.62. The first-order valence-electron chi connectivity index (χ1n) is 10.8. The van der Waals surface area contributed by atoms with Crippen LogP contribution < -0.4 is 10.1 Å². The van der Waals surface area contributed by atoms with E-state index >= 15 is 0 Å². The van der Waals surface area contributed by atoms with Crippen molar-refractivity contribution < 1.29 is 22.7 Å². The number of rotatable bonds is 7. The van der Waals surface area contributed by atoms with Crippen LogP contribution in [-0.2, 0) is 21.1 Å². The Hall–Kier alpha value is -2.39. The van der Waals surface area contributed by atoms with Gasteiger partial charge in [-0.25, -0.2) is 13.4 Å². The molecule has 2 aliphatic rings. The molecule has 1 aliphatic heterocycles. The fourth-order valence-corrected chi connectivity index (χ4v) is 4.83. The molecule has 8 nitrogen and oxygen atoms in total. The summed E-state index contributed by atoms with van der Waals surface area (Å²) in [6, 6.07) is 5.65. The van der Waals surface area contributed by atoms with Gasteiger partial charge < -0.3 is 19.4 Å². The number of fused-ring (bicyclic) bond motifs is 3. The van der Waals surface area contributed by atoms with Crippen LogP contribution in [0.4, 0.5) is 0 Å². The van der Waals surface area contributed by atoms with Crippen molar-refractivity contribution in [3.05, 3.63) is 36.3 Å². The summed E-state index contributed by atoms with van der Waals surface area (Å²) in [5, 5.41) is 3.15. The van der Waals surface area contributed by atoms with Gasteiger partial charge in [0.05, 0.1) is 36.6 Å². The maximum atomic E-state index is 12.9. The highest BCUT2D eigenvalue weighted by Crippen LogP contribution is 2.33. The van der Waals surface area contributed by atoms with Crippen molar-refractivity contribution >= 4 is 15.7 Å². The van der Waals surface area contributed by atoms with Crippen LogP contribution in [0.3, 0.4) is 0 Å². The van der Waals surface area contributed by atoms with Gasteiger partial charge in [0.25, 0.3) is 5.91 Å². The van der Waals surface area contributed by atoms with Crippen molar-refractivity contribution in [3.8, 4) is 17.0 Å². The van der Waals surface area contributed by atoms with Gasteiger partial charge >= 0.3 is 0 Å². The van der Waals surface area contributed by atoms with Gasteiger partial charge in [-0.1, -0.05) is 0 Å². The SMILES string of the molecule is CS(=O)(=O)CCCOC1CCC(NC(=O)c2ccc3c(c2)-c2cncn2CCO3)CC1. The van der Waals surface area contributed by atoms with E-state index in [1.54, 1.807) is 18.6 Å². The predicted molar refractivity (Wildman–Crippen MR) is 117 cm³/mol. The van der Waals surface area contributed by atoms with Gasteiger partial charge in [-0.2, -0.15) is 0 Å². The Morgan fingerprint density at radius 1 is 1.29 bits per heavy atom. The first kappa shape index (κ1) is 21.8. The highest BCUT2D eigenvalue weighted by molar-refractivity contribution is 7.90. The number of carbonyl (C=O) groups is 1. The summed E-state index contributed by atoms with van der Waals surface area (Å²) in [6.45, 7) is 1.76. The predicted octanol–water partition coefficient (Wildman–Crippen LogP) is 2.43. The average Bonchev–Trinajstić information content (AvgIpc) is 3.13. The Balaban J connectivity index is 1.30. The van der Waals surface area contributed by atoms with Crippen molar-refractivity contribution in [2.24, 2.45) is 0 Å². The molecule has 2 aromatic rings. The Morgan fingerprint density at radius 3 is 2.87 bits per heavy atom. The van der Waals surface area contributed by atoms with E-state index < -0.39 is 9.84 Å². The molecule has 1 fully saturated rings. The maximum absolute atomic E-state index is 12.9. The first-order valence-corrected chi connectivity index (χ1v) is 12.8. The summed E-state index contributed by atoms with van der Waals surface area (Å²) in [5.74, 6) is 0.838. The third-order valence-corrected chi connectivity index (χ3v) is 6.87. The summed E-state index contributed by atoms with van der Waals surface area (Å²) in [4.78, 5) is 17.1. The van der Waals surface area contributed by atoms with E-state index in [4.69, 9.17) is 9.47 Å². The van der Waals surface area contributed by atoms with Crippen LogP contribution in [-0.4, -0.2) is 61.2 Å². The van der Waals surface area contributed by atoms with Crippen molar-refractivity contribution in [1.82, 2.24) is 14.9 Å². The molecule has 4 rings (SSSR count). The van der Waals surface area contributed by atoms with Gasteiger partial charge in [-0.3, -0.25) is 4.79 Å². The molecular weight excluding hydrogens is 418 g/mol. The van der Waals surface area contributed by atoms with Crippen LogP contribution in [0.5, 0.6) is 5.75 Å². The smallest absolute Gasteiger partial charge is 0.251 e. The van der Waals surface area contributed by atoms with E-state index in [0.29, 0.717) is 25.2 Å². The molecule has 0 atom stereocenters. The third kappa shape index (κ3) is 5.65. The lowest BCUT2D eigenvalue weighted by molar-refractivity contribution is 0.0230. The molecule has 1 amide bonds. The fraction of sp³-hybridized carbons (Fsp3) is 0.545. The molecule has 168 valence electrons. The van der Waals surface area contributed by atoms with Crippen LogP contribution >= 0.6 is 0 Å². The zero-order valence-corrected chi connectivity index (χ0v) is 18.6. The molecule has 1 N–H and O–H groups in total. The number of aromatic nitrogens is 2. The minimum absolute atomic E-state index is 0.0874. The second-order valence-electron chi connectivity index (χ2n) is 8.33. The van der Waals surface area contributed by atoms with Crippen molar-refractivity contribution in [2.45, 2.75) is 50.8 Å². The molecule has 0 radical (unpaired) electrons. The van der Waals surface area contributed by atoms with E-state index in [2.05, 4.69) is 10.3 Å². The number of carbonyl (C=O) groups excluding carboxylic acids is 1. The van der Waals surface area contributed by atoms with Crippen LogP contribution in [0.25, 0.3) is 11.3 Å². The Labute approximate surface area is 182 Å². The molecule has 1 aromatic heterocycles. The number of sulfone groups is 1. The Morgan fingerprint density at radius 2 is 2.10 bits per heavy atom. The minimum atomic E-state index is -2.94. The van der Waals surface area contributed by atoms with E-state index in [9.17, 15) is 13.2 Å². The molecule has 1 aromatic carbocycles. The van der Waals surface area contributed by atoms with Crippen LogP contribution in [0.2, 0.25) is 0 Å². The van der Waals surface area contributed by atoms with Crippen molar-refractivity contribution in [3.63, 3.8) is 0 Å². The van der Waals surface area contributed by atoms with Crippen molar-refractivity contribution in [1.29, 1.82) is 0 Å². The molecular formula is C22H29N3O5S. The number of nitrogens with one attached hydrogen (secondary N) is 1. The monoisotopic (exact) mass is 447 g/mol. The summed E-state index contributed by atoms with van der Waals surface area (Å²) in [6.07, 6.45) is 8.91. The summed E-state index contributed by atoms with van der Waals surface area (Å²) < 4.78 is 36.0. The molecule has 0 unspecified atom stereocenters. The number of hydrogen-bond acceptors (Lipinski definition) is 6. The van der Waals surface area contributed by atoms with Gasteiger partial charge in [0.1, 0.15) is 22.2 Å². The second kappa shape index (κ2) is 9.40. The van der Waals surface area contributed by atoms with Crippen LogP contribution in [0.1, 0.15) is 42.5 Å². The van der Waals surface area contributed by atoms with Crippen molar-refractivity contribution in [2.75, 3.05) is 25.2 Å². The third-order valence-electron chi connectivity index (χ3n) is 5.84. The fourth-order valence-electron chi connectivity index (χ4n) is 4.19. The highest BCUT2D eigenvalue weighted by atomic mass is 32.2. The number of ether oxygens (including phenoxy) is 2. The maximum Gasteiger partial charge on any atom is 0.251 e. The average molecular weight is 448 g/mol. The molecule has 31 heavy (non-hydrogen) atoms. The topological polar surface area (TPSA) is 99.5 Å². The number of nitrogens with zero attached hydrogens (tertiary/aromatic N) is 2. The molecule has 0 spiro atoms. The number of hydrogen-bond donors (Lipinski definition) is 1. The second-order valence-corrected chi connectivity index (χ2v) is 10.6. The van der Waals surface area contributed by atoms with Gasteiger partial charge in [0, 0.05) is 30.0 Å². The minimum Gasteiger partial charge on any atom is -0.491 e. The zero-order valence-electron chi connectivity index (χ0n) is 17.7. The van der Waals surface area contributed by atoms with Gasteiger partial charge in [0.15, 0.2) is 0 Å². The largest absolute Gasteiger partial charge is 0.491 e. The van der Waals surface area contributed by atoms with Crippen LogP contribution in [0, 0.1) is 0 Å². The van der Waals surface area contributed by atoms with E-state index in [-0.39, 0.29) is 23.8 Å². The molecule has 1 saturated carbocycles. The summed E-state index contributed by atoms with van der Waals surface area (Å²) >= 11 is 0. The number of imidazole rings is 1. The number of amides is 1. The van der Waals surface area contributed by atoms with E-state index in [1.165, 1.54) is 6.26 Å². The van der Waals surface area contributed by atoms with Gasteiger partial charge in [-0.05, 0) is 50.3 Å². The highest BCUT2D eigenvalue weighted by Gasteiger charge is 2.24. The lowest BCUT2D eigenvalue weighted by atomic mass is 9.92. The van der Waals surface area contributed by atoms with Crippen LogP contribution in [0.15, 0.2) is 30.7 Å². The molecule has 2 heterocycles. The lowest BCUT2D eigenvalue weighted by Gasteiger charge is -2.29. The van der Waals surface area contributed by atoms with Gasteiger partial charge in [-0.15, -0.1) is 0 Å². The number of benzene rings is 1. The summed E-state index contributed by atoms with van der Waals surface area (Å²) in [5.41, 5.74) is 2.45. The molecule has 9 heteroatoms. The normalized spacial score (nSPS) is 20.8. The van der Waals surface area contributed by atoms with E-state index in [0.717, 1.165) is 49.2 Å². The Bertz CT molecular complexity index is 1030. The van der Waals surface area contributed by atoms with E-state index in [1.807, 2.05) is 16.7 Å². The molecule has 1 aliphatic carbocycles. The molecule has 0 bridgehead atoms. The lowest BCUT2D eigenvalue weighted by Crippen LogP contribution is -2.39. The summed E-state index contributed by atoms with van der Waals surface area (Å²) in [7, 11) is -2.94. The molecule has 0 saturated heterocycles. The standard InChI is InChI=1S/C22H29N3O5S/c1-31(27,28)12-2-10-29-18-6-4-17(5-7-18)24-22(26)16-3-8-21-19(13-16)20-14-23-15-25(20)9-11-30-21/h3,8,13-15,17-18H,2,4-7,9-12H2,1H3,(H,24,26). The zero-order chi connectivity index (χ0) is 21.8. The van der Waals surface area contributed by atoms with Gasteiger partial charge in [0.2, 0.25) is 0 Å². The first-order chi connectivity index (χ1) is 14.9. The quantitative estimate of drug-likeness (QED) is 0.655.